The third-order valence-electron chi connectivity index (χ3n) is 8.33. The summed E-state index contributed by atoms with van der Waals surface area (Å²) in [7, 11) is 1.87. The highest BCUT2D eigenvalue weighted by molar-refractivity contribution is 6.13. The Labute approximate surface area is 208 Å². The molecule has 4 fully saturated rings. The molecular formula is C27H30FN7O. The van der Waals surface area contributed by atoms with Crippen molar-refractivity contribution in [1.82, 2.24) is 24.5 Å². The molecule has 186 valence electrons. The number of hydrogen-bond acceptors (Lipinski definition) is 5. The summed E-state index contributed by atoms with van der Waals surface area (Å²) >= 11 is 0. The number of aryl methyl sites for hydroxylation is 2. The monoisotopic (exact) mass is 487 g/mol. The second kappa shape index (κ2) is 7.77. The number of hydrogen-bond donors (Lipinski definition) is 2. The van der Waals surface area contributed by atoms with Crippen LogP contribution < -0.4 is 15.5 Å². The largest absolute Gasteiger partial charge is 0.369 e. The van der Waals surface area contributed by atoms with E-state index in [2.05, 4.69) is 25.6 Å². The molecule has 2 bridgehead atoms. The minimum absolute atomic E-state index is 0.241. The fourth-order valence-electron chi connectivity index (χ4n) is 6.76. The molecule has 1 aliphatic heterocycles. The molecule has 1 atom stereocenters. The zero-order valence-corrected chi connectivity index (χ0v) is 20.6. The first-order valence-electron chi connectivity index (χ1n) is 12.8. The second-order valence-corrected chi connectivity index (χ2v) is 11.0. The summed E-state index contributed by atoms with van der Waals surface area (Å²) in [5.41, 5.74) is 3.95. The van der Waals surface area contributed by atoms with Gasteiger partial charge in [-0.2, -0.15) is 5.10 Å². The minimum atomic E-state index is -0.481. The summed E-state index contributed by atoms with van der Waals surface area (Å²) < 4.78 is 17.9. The van der Waals surface area contributed by atoms with Gasteiger partial charge >= 0.3 is 0 Å². The van der Waals surface area contributed by atoms with E-state index in [0.29, 0.717) is 34.0 Å². The molecule has 8 nitrogen and oxygen atoms in total. The van der Waals surface area contributed by atoms with Crippen LogP contribution in [0.15, 0.2) is 36.8 Å². The van der Waals surface area contributed by atoms with Crippen LogP contribution in [0, 0.1) is 18.7 Å². The van der Waals surface area contributed by atoms with Gasteiger partial charge in [-0.25, -0.2) is 9.37 Å². The number of amides is 1. The number of carbonyl (C=O) groups excluding carboxylic acids is 1. The summed E-state index contributed by atoms with van der Waals surface area (Å²) in [5, 5.41) is 12.4. The Bertz CT molecular complexity index is 1510. The lowest BCUT2D eigenvalue weighted by molar-refractivity contribution is 0.102. The van der Waals surface area contributed by atoms with Gasteiger partial charge < -0.3 is 19.9 Å². The van der Waals surface area contributed by atoms with Crippen LogP contribution in [0.25, 0.3) is 16.6 Å². The maximum atomic E-state index is 14.5. The van der Waals surface area contributed by atoms with Crippen molar-refractivity contribution in [3.8, 4) is 0 Å². The van der Waals surface area contributed by atoms with Gasteiger partial charge in [0.2, 0.25) is 0 Å². The number of carbonyl (C=O) groups is 1. The van der Waals surface area contributed by atoms with E-state index in [1.165, 1.54) is 31.7 Å². The number of nitrogens with one attached hydrogen (secondary N) is 2. The van der Waals surface area contributed by atoms with Gasteiger partial charge in [0.15, 0.2) is 11.5 Å². The summed E-state index contributed by atoms with van der Waals surface area (Å²) in [6.07, 6.45) is 11.9. The Morgan fingerprint density at radius 3 is 2.86 bits per heavy atom. The maximum absolute atomic E-state index is 14.5. The summed E-state index contributed by atoms with van der Waals surface area (Å²) in [6, 6.07) is 5.66. The molecule has 1 amide bonds. The number of aromatic nitrogens is 4. The molecule has 0 radical (unpaired) electrons. The molecule has 4 heterocycles. The first-order valence-corrected chi connectivity index (χ1v) is 12.8. The Morgan fingerprint density at radius 1 is 1.19 bits per heavy atom. The summed E-state index contributed by atoms with van der Waals surface area (Å²) in [5.74, 6) is 0.152. The van der Waals surface area contributed by atoms with Gasteiger partial charge in [0.05, 0.1) is 16.9 Å². The molecule has 9 heteroatoms. The van der Waals surface area contributed by atoms with E-state index >= 15 is 0 Å². The number of anilines is 2. The van der Waals surface area contributed by atoms with Crippen molar-refractivity contribution < 1.29 is 9.18 Å². The molecule has 8 rings (SSSR count). The van der Waals surface area contributed by atoms with Gasteiger partial charge in [-0.15, -0.1) is 0 Å². The van der Waals surface area contributed by atoms with E-state index < -0.39 is 5.82 Å². The van der Waals surface area contributed by atoms with Gasteiger partial charge in [0.25, 0.3) is 5.91 Å². The fourth-order valence-corrected chi connectivity index (χ4v) is 6.76. The average molecular weight is 488 g/mol. The third-order valence-corrected chi connectivity index (χ3v) is 8.33. The van der Waals surface area contributed by atoms with Crippen LogP contribution in [0.3, 0.4) is 0 Å². The molecule has 36 heavy (non-hydrogen) atoms. The molecule has 4 aromatic rings. The molecule has 3 saturated carbocycles. The quantitative estimate of drug-likeness (QED) is 0.444. The highest BCUT2D eigenvalue weighted by atomic mass is 19.1. The number of rotatable bonds is 5. The van der Waals surface area contributed by atoms with Crippen molar-refractivity contribution in [2.45, 2.75) is 50.6 Å². The van der Waals surface area contributed by atoms with Crippen LogP contribution in [-0.2, 0) is 7.05 Å². The number of pyridine rings is 1. The maximum Gasteiger partial charge on any atom is 0.257 e. The lowest BCUT2D eigenvalue weighted by Crippen LogP contribution is -2.54. The van der Waals surface area contributed by atoms with Crippen molar-refractivity contribution in [2.75, 3.05) is 23.3 Å². The van der Waals surface area contributed by atoms with E-state index in [9.17, 15) is 9.18 Å². The third kappa shape index (κ3) is 3.48. The summed E-state index contributed by atoms with van der Waals surface area (Å²) in [6.45, 7) is 3.75. The number of benzene rings is 1. The van der Waals surface area contributed by atoms with Crippen LogP contribution in [0.4, 0.5) is 15.8 Å². The number of halogens is 1. The van der Waals surface area contributed by atoms with Crippen LogP contribution in [0.1, 0.15) is 48.2 Å². The molecule has 1 aromatic carbocycles. The van der Waals surface area contributed by atoms with Gasteiger partial charge in [-0.05, 0) is 57.1 Å². The van der Waals surface area contributed by atoms with Gasteiger partial charge in [-0.1, -0.05) is 0 Å². The Balaban J connectivity index is 1.14. The van der Waals surface area contributed by atoms with Crippen molar-refractivity contribution in [3.05, 3.63) is 53.9 Å². The Hall–Kier alpha value is -3.46. The van der Waals surface area contributed by atoms with Crippen LogP contribution in [0.5, 0.6) is 0 Å². The predicted molar refractivity (Wildman–Crippen MR) is 137 cm³/mol. The lowest BCUT2D eigenvalue weighted by atomic mass is 9.76. The first kappa shape index (κ1) is 21.8. The number of nitrogens with zero attached hydrogens (tertiary/aromatic N) is 5. The number of imidazole rings is 1. The summed E-state index contributed by atoms with van der Waals surface area (Å²) in [4.78, 5) is 19.9. The molecule has 1 unspecified atom stereocenters. The van der Waals surface area contributed by atoms with Crippen molar-refractivity contribution in [2.24, 2.45) is 13.0 Å². The Morgan fingerprint density at radius 2 is 2.06 bits per heavy atom. The topological polar surface area (TPSA) is 79.5 Å². The van der Waals surface area contributed by atoms with Crippen LogP contribution in [0.2, 0.25) is 0 Å². The Kier molecular flexibility index (Phi) is 4.70. The van der Waals surface area contributed by atoms with Crippen molar-refractivity contribution in [3.63, 3.8) is 0 Å². The average Bonchev–Trinajstić information content (AvgIpc) is 3.61. The van der Waals surface area contributed by atoms with E-state index in [0.717, 1.165) is 36.5 Å². The van der Waals surface area contributed by atoms with E-state index in [1.54, 1.807) is 28.4 Å². The highest BCUT2D eigenvalue weighted by Crippen LogP contribution is 2.52. The molecule has 0 spiro atoms. The van der Waals surface area contributed by atoms with E-state index in [1.807, 2.05) is 25.4 Å². The van der Waals surface area contributed by atoms with Gasteiger partial charge in [-0.3, -0.25) is 9.48 Å². The molecular weight excluding hydrogens is 457 g/mol. The lowest BCUT2D eigenvalue weighted by Gasteiger charge is -2.41. The molecule has 1 saturated heterocycles. The molecule has 3 aromatic heterocycles. The zero-order valence-electron chi connectivity index (χ0n) is 20.6. The molecule has 2 N–H and O–H groups in total. The van der Waals surface area contributed by atoms with Crippen molar-refractivity contribution in [1.29, 1.82) is 0 Å². The van der Waals surface area contributed by atoms with Crippen LogP contribution in [-0.4, -0.2) is 49.7 Å². The fraction of sp³-hybridized carbons (Fsp3) is 0.444. The normalized spacial score (nSPS) is 25.1. The smallest absolute Gasteiger partial charge is 0.257 e. The SMILES string of the molecule is Cc1cn2cc(NC(=O)c3ccc(N4CCC(NC56CCC(C5)C6)C4)c4cn(C)nc34)cc(F)c2n1. The number of fused-ring (bicyclic) bond motifs is 3. The van der Waals surface area contributed by atoms with Gasteiger partial charge in [0.1, 0.15) is 5.52 Å². The van der Waals surface area contributed by atoms with E-state index in [-0.39, 0.29) is 11.6 Å². The van der Waals surface area contributed by atoms with Gasteiger partial charge in [0, 0.05) is 67.4 Å². The molecule has 4 aliphatic rings. The first-order chi connectivity index (χ1) is 17.4. The second-order valence-electron chi connectivity index (χ2n) is 11.0. The predicted octanol–water partition coefficient (Wildman–Crippen LogP) is 4.03. The minimum Gasteiger partial charge on any atom is -0.369 e. The van der Waals surface area contributed by atoms with Crippen molar-refractivity contribution >= 4 is 33.8 Å². The zero-order chi connectivity index (χ0) is 24.6. The highest BCUT2D eigenvalue weighted by Gasteiger charge is 2.51. The van der Waals surface area contributed by atoms with E-state index in [4.69, 9.17) is 0 Å². The standard InChI is InChI=1S/C27H30FN7O/c1-16-12-35-14-19(9-22(28)25(35)29-16)30-26(36)20-3-4-23(21-15-33(2)32-24(20)21)34-8-6-18(13-34)31-27-7-5-17(10-27)11-27/h3-4,9,12,14-15,17-18,31H,5-8,10-11,13H2,1-2H3,(H,30,36). The van der Waals surface area contributed by atoms with Crippen LogP contribution >= 0.6 is 0 Å². The molecule has 3 aliphatic carbocycles.